The van der Waals surface area contributed by atoms with Gasteiger partial charge in [0, 0.05) is 24.1 Å². The van der Waals surface area contributed by atoms with Gasteiger partial charge in [0.2, 0.25) is 0 Å². The van der Waals surface area contributed by atoms with Crippen molar-refractivity contribution in [2.24, 2.45) is 5.10 Å². The predicted octanol–water partition coefficient (Wildman–Crippen LogP) is 3.19. The molecule has 6 nitrogen and oxygen atoms in total. The van der Waals surface area contributed by atoms with Crippen molar-refractivity contribution in [3.63, 3.8) is 0 Å². The fourth-order valence-electron chi connectivity index (χ4n) is 2.13. The van der Waals surface area contributed by atoms with Crippen molar-refractivity contribution >= 4 is 17.1 Å². The summed E-state index contributed by atoms with van der Waals surface area (Å²) in [6.07, 6.45) is 0.719. The van der Waals surface area contributed by atoms with Crippen LogP contribution in [-0.2, 0) is 0 Å². The summed E-state index contributed by atoms with van der Waals surface area (Å²) in [4.78, 5) is 10.2. The van der Waals surface area contributed by atoms with Crippen molar-refractivity contribution in [1.29, 1.82) is 0 Å². The molecule has 1 aliphatic rings. The first-order valence-corrected chi connectivity index (χ1v) is 6.53. The standard InChI is InChI=1S/C15H13N3O3/c19-18(20)12-7-5-11(6-8-12)16-17-14-9-10-21-15-4-2-1-3-13(14)15/h1-8,16H,9-10H2/b17-14+. The maximum Gasteiger partial charge on any atom is 0.269 e. The maximum absolute atomic E-state index is 10.6. The molecule has 0 atom stereocenters. The van der Waals surface area contributed by atoms with E-state index in [0.717, 1.165) is 23.4 Å². The highest BCUT2D eigenvalue weighted by atomic mass is 16.6. The Bertz CT molecular complexity index is 696. The molecule has 0 aliphatic carbocycles. The lowest BCUT2D eigenvalue weighted by atomic mass is 10.0. The zero-order valence-corrected chi connectivity index (χ0v) is 11.2. The van der Waals surface area contributed by atoms with Gasteiger partial charge in [0.1, 0.15) is 5.75 Å². The van der Waals surface area contributed by atoms with Gasteiger partial charge >= 0.3 is 0 Å². The van der Waals surface area contributed by atoms with Gasteiger partial charge in [-0.1, -0.05) is 12.1 Å². The van der Waals surface area contributed by atoms with Crippen LogP contribution in [-0.4, -0.2) is 17.2 Å². The number of para-hydroxylation sites is 1. The molecule has 3 rings (SSSR count). The minimum absolute atomic E-state index is 0.0598. The number of benzene rings is 2. The van der Waals surface area contributed by atoms with E-state index in [1.54, 1.807) is 12.1 Å². The summed E-state index contributed by atoms with van der Waals surface area (Å²) in [6, 6.07) is 13.9. The molecule has 2 aromatic rings. The Balaban J connectivity index is 1.79. The summed E-state index contributed by atoms with van der Waals surface area (Å²) >= 11 is 0. The average molecular weight is 283 g/mol. The van der Waals surface area contributed by atoms with Gasteiger partial charge in [0.25, 0.3) is 5.69 Å². The van der Waals surface area contributed by atoms with Crippen molar-refractivity contribution in [3.8, 4) is 5.75 Å². The predicted molar refractivity (Wildman–Crippen MR) is 79.8 cm³/mol. The van der Waals surface area contributed by atoms with Gasteiger partial charge in [-0.2, -0.15) is 5.10 Å². The van der Waals surface area contributed by atoms with Crippen LogP contribution < -0.4 is 10.2 Å². The second-order valence-corrected chi connectivity index (χ2v) is 4.57. The molecule has 6 heteroatoms. The molecular formula is C15H13N3O3. The van der Waals surface area contributed by atoms with Gasteiger partial charge in [-0.05, 0) is 24.3 Å². The lowest BCUT2D eigenvalue weighted by Crippen LogP contribution is -2.17. The molecule has 0 radical (unpaired) electrons. The van der Waals surface area contributed by atoms with E-state index in [1.165, 1.54) is 12.1 Å². The van der Waals surface area contributed by atoms with Gasteiger partial charge < -0.3 is 4.74 Å². The number of rotatable bonds is 3. The number of hydrazone groups is 1. The minimum Gasteiger partial charge on any atom is -0.492 e. The lowest BCUT2D eigenvalue weighted by molar-refractivity contribution is -0.384. The van der Waals surface area contributed by atoms with E-state index in [-0.39, 0.29) is 5.69 Å². The first-order chi connectivity index (χ1) is 10.2. The van der Waals surface area contributed by atoms with Crippen LogP contribution in [0, 0.1) is 10.1 Å². The third-order valence-electron chi connectivity index (χ3n) is 3.19. The van der Waals surface area contributed by atoms with Crippen molar-refractivity contribution in [3.05, 3.63) is 64.2 Å². The first-order valence-electron chi connectivity index (χ1n) is 6.53. The second-order valence-electron chi connectivity index (χ2n) is 4.57. The van der Waals surface area contributed by atoms with Crippen molar-refractivity contribution < 1.29 is 9.66 Å². The molecule has 0 saturated carbocycles. The van der Waals surface area contributed by atoms with Gasteiger partial charge in [0.05, 0.1) is 22.9 Å². The Hall–Kier alpha value is -2.89. The molecule has 0 fully saturated rings. The highest BCUT2D eigenvalue weighted by Gasteiger charge is 2.15. The van der Waals surface area contributed by atoms with Crippen LogP contribution in [0.5, 0.6) is 5.75 Å². The normalized spacial score (nSPS) is 15.1. The number of nitro benzene ring substituents is 1. The monoisotopic (exact) mass is 283 g/mol. The Morgan fingerprint density at radius 2 is 1.90 bits per heavy atom. The number of ether oxygens (including phenoxy) is 1. The van der Waals surface area contributed by atoms with Gasteiger partial charge in [-0.15, -0.1) is 0 Å². The number of hydrogen-bond acceptors (Lipinski definition) is 5. The molecule has 0 amide bonds. The summed E-state index contributed by atoms with van der Waals surface area (Å²) in [5, 5.41) is 15.0. The topological polar surface area (TPSA) is 76.8 Å². The number of nitrogens with one attached hydrogen (secondary N) is 1. The molecule has 21 heavy (non-hydrogen) atoms. The Morgan fingerprint density at radius 3 is 2.67 bits per heavy atom. The zero-order valence-electron chi connectivity index (χ0n) is 11.2. The molecule has 0 unspecified atom stereocenters. The first kappa shape index (κ1) is 13.1. The average Bonchev–Trinajstić information content (AvgIpc) is 2.53. The Labute approximate surface area is 121 Å². The van der Waals surface area contributed by atoms with E-state index in [1.807, 2.05) is 24.3 Å². The van der Waals surface area contributed by atoms with Crippen LogP contribution in [0.3, 0.4) is 0 Å². The number of anilines is 1. The molecule has 106 valence electrons. The molecule has 0 saturated heterocycles. The van der Waals surface area contributed by atoms with Crippen molar-refractivity contribution in [1.82, 2.24) is 0 Å². The van der Waals surface area contributed by atoms with Crippen LogP contribution in [0.2, 0.25) is 0 Å². The highest BCUT2D eigenvalue weighted by Crippen LogP contribution is 2.24. The van der Waals surface area contributed by atoms with E-state index in [4.69, 9.17) is 4.74 Å². The number of nitrogens with zero attached hydrogens (tertiary/aromatic N) is 2. The third kappa shape index (κ3) is 2.84. The number of fused-ring (bicyclic) bond motifs is 1. The van der Waals surface area contributed by atoms with Gasteiger partial charge in [0.15, 0.2) is 0 Å². The van der Waals surface area contributed by atoms with Crippen molar-refractivity contribution in [2.75, 3.05) is 12.0 Å². The molecule has 0 bridgehead atoms. The second kappa shape index (κ2) is 5.62. The van der Waals surface area contributed by atoms with Crippen LogP contribution in [0.4, 0.5) is 11.4 Å². The van der Waals surface area contributed by atoms with E-state index in [0.29, 0.717) is 12.3 Å². The van der Waals surface area contributed by atoms with Crippen LogP contribution in [0.15, 0.2) is 53.6 Å². The fourth-order valence-corrected chi connectivity index (χ4v) is 2.13. The number of nitro groups is 1. The zero-order chi connectivity index (χ0) is 14.7. The summed E-state index contributed by atoms with van der Waals surface area (Å²) in [7, 11) is 0. The van der Waals surface area contributed by atoms with Gasteiger partial charge in [-0.3, -0.25) is 15.5 Å². The van der Waals surface area contributed by atoms with E-state index < -0.39 is 4.92 Å². The highest BCUT2D eigenvalue weighted by molar-refractivity contribution is 6.04. The Morgan fingerprint density at radius 1 is 1.14 bits per heavy atom. The van der Waals surface area contributed by atoms with E-state index in [9.17, 15) is 10.1 Å². The van der Waals surface area contributed by atoms with E-state index in [2.05, 4.69) is 10.5 Å². The van der Waals surface area contributed by atoms with Gasteiger partial charge in [-0.25, -0.2) is 0 Å². The number of non-ortho nitro benzene ring substituents is 1. The van der Waals surface area contributed by atoms with Crippen LogP contribution in [0.25, 0.3) is 0 Å². The van der Waals surface area contributed by atoms with E-state index >= 15 is 0 Å². The largest absolute Gasteiger partial charge is 0.492 e. The maximum atomic E-state index is 10.6. The number of hydrogen-bond donors (Lipinski definition) is 1. The summed E-state index contributed by atoms with van der Waals surface area (Å²) in [5.74, 6) is 0.827. The molecule has 2 aromatic carbocycles. The molecule has 0 aromatic heterocycles. The summed E-state index contributed by atoms with van der Waals surface area (Å²) in [5.41, 5.74) is 5.58. The van der Waals surface area contributed by atoms with Crippen LogP contribution in [0.1, 0.15) is 12.0 Å². The summed E-state index contributed by atoms with van der Waals surface area (Å²) < 4.78 is 5.56. The SMILES string of the molecule is O=[N+]([O-])c1ccc(N/N=C2\CCOc3ccccc32)cc1. The third-order valence-corrected chi connectivity index (χ3v) is 3.19. The fraction of sp³-hybridized carbons (Fsp3) is 0.133. The van der Waals surface area contributed by atoms with Crippen LogP contribution >= 0.6 is 0 Å². The lowest BCUT2D eigenvalue weighted by Gasteiger charge is -2.18. The summed E-state index contributed by atoms with van der Waals surface area (Å²) in [6.45, 7) is 0.595. The molecule has 1 N–H and O–H groups in total. The molecule has 1 heterocycles. The smallest absolute Gasteiger partial charge is 0.269 e. The minimum atomic E-state index is -0.426. The molecule has 1 aliphatic heterocycles. The van der Waals surface area contributed by atoms with Crippen molar-refractivity contribution in [2.45, 2.75) is 6.42 Å². The molecular weight excluding hydrogens is 270 g/mol. The molecule has 0 spiro atoms. The quantitative estimate of drug-likeness (QED) is 0.693. The Kier molecular flexibility index (Phi) is 3.51.